The summed E-state index contributed by atoms with van der Waals surface area (Å²) in [7, 11) is 0. The molecule has 3 aliphatic heterocycles. The Morgan fingerprint density at radius 3 is 2.88 bits per heavy atom. The third-order valence-electron chi connectivity index (χ3n) is 5.91. The molecule has 0 fully saturated rings. The molecule has 2 aromatic carbocycles. The number of hydrogen-bond donors (Lipinski definition) is 0. The SMILES string of the molecule is Cc1ccccc1-c1noc(C[N+]2=C3C=CSC3C(=O)N(Cc3ccc4c(c3)OCO4)C2=O)n1. The molecule has 0 N–H and O–H groups in total. The van der Waals surface area contributed by atoms with Gasteiger partial charge in [0.1, 0.15) is 12.3 Å². The maximum Gasteiger partial charge on any atom is 0.501 e. The first kappa shape index (κ1) is 20.7. The van der Waals surface area contributed by atoms with E-state index in [0.717, 1.165) is 16.7 Å². The molecule has 1 unspecified atom stereocenters. The number of urea groups is 1. The normalized spacial score (nSPS) is 18.7. The Hall–Kier alpha value is -3.92. The first-order valence-electron chi connectivity index (χ1n) is 10.7. The van der Waals surface area contributed by atoms with Gasteiger partial charge in [-0.3, -0.25) is 0 Å². The van der Waals surface area contributed by atoms with E-state index in [1.807, 2.05) is 42.7 Å². The molecule has 0 saturated carbocycles. The van der Waals surface area contributed by atoms with Gasteiger partial charge in [-0.2, -0.15) is 19.3 Å². The number of imide groups is 1. The fourth-order valence-electron chi connectivity index (χ4n) is 4.17. The summed E-state index contributed by atoms with van der Waals surface area (Å²) in [5.74, 6) is 1.75. The third kappa shape index (κ3) is 3.47. The number of amides is 3. The zero-order valence-corrected chi connectivity index (χ0v) is 18.9. The molecule has 10 heteroatoms. The molecule has 0 spiro atoms. The van der Waals surface area contributed by atoms with Gasteiger partial charge in [0, 0.05) is 5.56 Å². The van der Waals surface area contributed by atoms with Gasteiger partial charge in [-0.15, -0.1) is 11.8 Å². The Balaban J connectivity index is 1.29. The van der Waals surface area contributed by atoms with Gasteiger partial charge in [-0.25, -0.2) is 4.79 Å². The summed E-state index contributed by atoms with van der Waals surface area (Å²) in [4.78, 5) is 32.4. The topological polar surface area (TPSA) is 97.8 Å². The van der Waals surface area contributed by atoms with Gasteiger partial charge in [-0.05, 0) is 41.7 Å². The number of carbonyl (C=O) groups is 2. The molecule has 9 nitrogen and oxygen atoms in total. The maximum absolute atomic E-state index is 13.5. The highest BCUT2D eigenvalue weighted by molar-refractivity contribution is 8.04. The number of aromatic nitrogens is 2. The highest BCUT2D eigenvalue weighted by Crippen LogP contribution is 2.34. The van der Waals surface area contributed by atoms with Crippen molar-refractivity contribution >= 4 is 29.4 Å². The molecule has 3 amide bonds. The highest BCUT2D eigenvalue weighted by Gasteiger charge is 2.49. The van der Waals surface area contributed by atoms with Crippen molar-refractivity contribution in [1.82, 2.24) is 15.0 Å². The molecule has 3 aromatic rings. The van der Waals surface area contributed by atoms with Crippen LogP contribution in [0, 0.1) is 6.92 Å². The lowest BCUT2D eigenvalue weighted by atomic mass is 10.1. The van der Waals surface area contributed by atoms with Crippen molar-refractivity contribution in [3.8, 4) is 22.9 Å². The van der Waals surface area contributed by atoms with Gasteiger partial charge in [0.15, 0.2) is 23.3 Å². The van der Waals surface area contributed by atoms with Crippen LogP contribution in [0.1, 0.15) is 17.0 Å². The van der Waals surface area contributed by atoms with Crippen molar-refractivity contribution in [1.29, 1.82) is 0 Å². The fourth-order valence-corrected chi connectivity index (χ4v) is 5.13. The van der Waals surface area contributed by atoms with Crippen molar-refractivity contribution < 1.29 is 28.2 Å². The lowest BCUT2D eigenvalue weighted by Gasteiger charge is -2.23. The average Bonchev–Trinajstić information content (AvgIpc) is 3.60. The minimum atomic E-state index is -0.495. The predicted octanol–water partition coefficient (Wildman–Crippen LogP) is 3.52. The lowest BCUT2D eigenvalue weighted by molar-refractivity contribution is -0.458. The summed E-state index contributed by atoms with van der Waals surface area (Å²) in [6.45, 7) is 2.32. The second-order valence-corrected chi connectivity index (χ2v) is 9.07. The molecule has 3 aliphatic rings. The van der Waals surface area contributed by atoms with Crippen molar-refractivity contribution in [3.05, 3.63) is 71.0 Å². The molecule has 0 radical (unpaired) electrons. The molecule has 6 rings (SSSR count). The first-order valence-corrected chi connectivity index (χ1v) is 11.6. The van der Waals surface area contributed by atoms with E-state index in [-0.39, 0.29) is 25.8 Å². The van der Waals surface area contributed by atoms with Crippen LogP contribution in [-0.2, 0) is 17.9 Å². The molecule has 170 valence electrons. The molecule has 1 aromatic heterocycles. The zero-order chi connectivity index (χ0) is 23.2. The van der Waals surface area contributed by atoms with Crippen LogP contribution < -0.4 is 9.47 Å². The smallest absolute Gasteiger partial charge is 0.454 e. The Morgan fingerprint density at radius 1 is 1.15 bits per heavy atom. The van der Waals surface area contributed by atoms with Crippen molar-refractivity contribution in [2.45, 2.75) is 25.3 Å². The van der Waals surface area contributed by atoms with Gasteiger partial charge in [-0.1, -0.05) is 35.5 Å². The number of fused-ring (bicyclic) bond motifs is 2. The quantitative estimate of drug-likeness (QED) is 0.517. The molecule has 34 heavy (non-hydrogen) atoms. The summed E-state index contributed by atoms with van der Waals surface area (Å²) in [5, 5.41) is 5.43. The molecule has 0 aliphatic carbocycles. The number of ether oxygens (including phenoxy) is 2. The number of hydrogen-bond acceptors (Lipinski definition) is 8. The van der Waals surface area contributed by atoms with Gasteiger partial charge in [0.2, 0.25) is 12.6 Å². The highest BCUT2D eigenvalue weighted by atomic mass is 32.2. The number of rotatable bonds is 5. The largest absolute Gasteiger partial charge is 0.501 e. The predicted molar refractivity (Wildman–Crippen MR) is 122 cm³/mol. The van der Waals surface area contributed by atoms with Crippen LogP contribution in [-0.4, -0.2) is 49.3 Å². The summed E-state index contributed by atoms with van der Waals surface area (Å²) in [6, 6.07) is 12.7. The molecule has 4 heterocycles. The van der Waals surface area contributed by atoms with Crippen LogP contribution in [0.15, 0.2) is 58.5 Å². The lowest BCUT2D eigenvalue weighted by Crippen LogP contribution is -2.54. The number of nitrogens with zero attached hydrogens (tertiary/aromatic N) is 4. The summed E-state index contributed by atoms with van der Waals surface area (Å²) in [5.41, 5.74) is 3.28. The van der Waals surface area contributed by atoms with Crippen LogP contribution in [0.4, 0.5) is 4.79 Å². The van der Waals surface area contributed by atoms with Crippen molar-refractivity contribution in [2.75, 3.05) is 6.79 Å². The fraction of sp³-hybridized carbons (Fsp3) is 0.208. The second-order valence-electron chi connectivity index (χ2n) is 8.05. The second kappa shape index (κ2) is 8.14. The van der Waals surface area contributed by atoms with E-state index in [1.165, 1.54) is 21.2 Å². The van der Waals surface area contributed by atoms with E-state index in [2.05, 4.69) is 10.1 Å². The van der Waals surface area contributed by atoms with E-state index in [4.69, 9.17) is 14.0 Å². The Bertz CT molecular complexity index is 1400. The molecule has 1 atom stereocenters. The van der Waals surface area contributed by atoms with Crippen molar-refractivity contribution in [3.63, 3.8) is 0 Å². The maximum atomic E-state index is 13.5. The van der Waals surface area contributed by atoms with E-state index >= 15 is 0 Å². The van der Waals surface area contributed by atoms with Crippen molar-refractivity contribution in [2.24, 2.45) is 0 Å². The van der Waals surface area contributed by atoms with Crippen LogP contribution in [0.2, 0.25) is 0 Å². The molecule has 0 bridgehead atoms. The van der Waals surface area contributed by atoms with Crippen LogP contribution in [0.25, 0.3) is 11.4 Å². The minimum absolute atomic E-state index is 0.0688. The Morgan fingerprint density at radius 2 is 2.00 bits per heavy atom. The van der Waals surface area contributed by atoms with Gasteiger partial charge >= 0.3 is 11.9 Å². The summed E-state index contributed by atoms with van der Waals surface area (Å²) < 4.78 is 17.8. The number of aryl methyl sites for hydroxylation is 1. The minimum Gasteiger partial charge on any atom is -0.454 e. The number of thioether (sulfide) groups is 1. The van der Waals surface area contributed by atoms with Gasteiger partial charge < -0.3 is 14.0 Å². The average molecular weight is 476 g/mol. The van der Waals surface area contributed by atoms with Gasteiger partial charge in [0.25, 0.3) is 5.89 Å². The molecular weight excluding hydrogens is 456 g/mol. The standard InChI is InChI=1S/C24H19N4O5S/c1-14-4-2-3-5-16(14)22-25-20(33-26-22)12-27-17-8-9-34-21(17)23(29)28(24(27)30)11-15-6-7-18-19(10-15)32-13-31-18/h2-10,21H,11-13H2,1H3/q+1. The number of carbonyl (C=O) groups excluding carboxylic acids is 2. The zero-order valence-electron chi connectivity index (χ0n) is 18.1. The van der Waals surface area contributed by atoms with E-state index in [1.54, 1.807) is 18.2 Å². The van der Waals surface area contributed by atoms with E-state index in [9.17, 15) is 9.59 Å². The Labute approximate surface area is 198 Å². The van der Waals surface area contributed by atoms with E-state index < -0.39 is 11.3 Å². The molecule has 0 saturated heterocycles. The Kier molecular flexibility index (Phi) is 4.95. The number of allylic oxidation sites excluding steroid dienone is 1. The summed E-state index contributed by atoms with van der Waals surface area (Å²) >= 11 is 1.38. The van der Waals surface area contributed by atoms with Gasteiger partial charge in [0.05, 0.1) is 0 Å². The van der Waals surface area contributed by atoms with E-state index in [0.29, 0.717) is 28.9 Å². The van der Waals surface area contributed by atoms with Crippen LogP contribution in [0.5, 0.6) is 11.5 Å². The first-order chi connectivity index (χ1) is 16.6. The summed E-state index contributed by atoms with van der Waals surface area (Å²) in [6.07, 6.45) is 1.79. The third-order valence-corrected chi connectivity index (χ3v) is 6.92. The monoisotopic (exact) mass is 475 g/mol. The molecular formula is C24H19N4O5S+. The van der Waals surface area contributed by atoms with Crippen LogP contribution in [0.3, 0.4) is 0 Å². The van der Waals surface area contributed by atoms with Crippen LogP contribution >= 0.6 is 11.8 Å². The number of benzene rings is 2.